The molecule has 0 unspecified atom stereocenters. The van der Waals surface area contributed by atoms with Crippen LogP contribution in [0.4, 0.5) is 9.59 Å². The molecule has 0 aliphatic heterocycles. The summed E-state index contributed by atoms with van der Waals surface area (Å²) in [6, 6.07) is 10.5. The second-order valence-corrected chi connectivity index (χ2v) is 20.4. The van der Waals surface area contributed by atoms with Gasteiger partial charge in [-0.3, -0.25) is 0 Å². The van der Waals surface area contributed by atoms with Gasteiger partial charge in [0.05, 0.1) is 11.0 Å². The van der Waals surface area contributed by atoms with Crippen LogP contribution in [0, 0.1) is 7.40 Å². The van der Waals surface area contributed by atoms with Gasteiger partial charge in [-0.05, 0) is 141 Å². The van der Waals surface area contributed by atoms with E-state index in [1.807, 2.05) is 61.6 Å². The van der Waals surface area contributed by atoms with Crippen molar-refractivity contribution in [3.8, 4) is 11.5 Å². The van der Waals surface area contributed by atoms with Crippen molar-refractivity contribution in [1.29, 1.82) is 0 Å². The standard InChI is InChI=1S/C18H27IN2O3Si.C12H13IN2O3/c1-17(2,3)23-16(22)21-14-10-9-12(11-13(14)15(19)20-21)24-25(7,8)18(4,5)6;1-12(2,3)18-11(17)15-9-5-4-7(16)6-8(9)10(13)14-15/h9-11H,1-8H3;4-6,16H,1-3H3. The number of fused-ring (bicyclic) bond motifs is 2. The van der Waals surface area contributed by atoms with Crippen molar-refractivity contribution in [1.82, 2.24) is 19.6 Å². The molecule has 0 aliphatic rings. The van der Waals surface area contributed by atoms with Crippen molar-refractivity contribution >= 4 is 87.5 Å². The van der Waals surface area contributed by atoms with Gasteiger partial charge in [0.1, 0.15) is 30.1 Å². The van der Waals surface area contributed by atoms with Crippen molar-refractivity contribution < 1.29 is 28.6 Å². The third kappa shape index (κ3) is 8.83. The van der Waals surface area contributed by atoms with Crippen LogP contribution < -0.4 is 4.43 Å². The van der Waals surface area contributed by atoms with Gasteiger partial charge in [-0.25, -0.2) is 9.59 Å². The summed E-state index contributed by atoms with van der Waals surface area (Å²) in [4.78, 5) is 24.4. The van der Waals surface area contributed by atoms with E-state index in [4.69, 9.17) is 13.9 Å². The lowest BCUT2D eigenvalue weighted by Crippen LogP contribution is -2.43. The van der Waals surface area contributed by atoms with Crippen LogP contribution in [0.2, 0.25) is 18.1 Å². The minimum Gasteiger partial charge on any atom is -0.543 e. The molecule has 13 heteroatoms. The molecule has 10 nitrogen and oxygen atoms in total. The highest BCUT2D eigenvalue weighted by Gasteiger charge is 2.39. The zero-order chi connectivity index (χ0) is 32.7. The predicted octanol–water partition coefficient (Wildman–Crippen LogP) is 8.94. The highest BCUT2D eigenvalue weighted by molar-refractivity contribution is 14.1. The summed E-state index contributed by atoms with van der Waals surface area (Å²) in [7, 11) is -1.92. The Hall–Kier alpha value is -2.40. The van der Waals surface area contributed by atoms with Gasteiger partial charge in [0.2, 0.25) is 8.32 Å². The van der Waals surface area contributed by atoms with E-state index >= 15 is 0 Å². The maximum atomic E-state index is 12.4. The molecule has 0 atom stereocenters. The molecule has 4 aromatic rings. The van der Waals surface area contributed by atoms with Crippen LogP contribution in [-0.2, 0) is 9.47 Å². The highest BCUT2D eigenvalue weighted by atomic mass is 127. The minimum absolute atomic E-state index is 0.121. The van der Waals surface area contributed by atoms with Crippen molar-refractivity contribution in [2.75, 3.05) is 0 Å². The second kappa shape index (κ2) is 12.5. The van der Waals surface area contributed by atoms with Crippen LogP contribution in [0.25, 0.3) is 21.8 Å². The zero-order valence-electron chi connectivity index (χ0n) is 26.5. The molecule has 2 aromatic heterocycles. The van der Waals surface area contributed by atoms with Crippen LogP contribution in [0.5, 0.6) is 11.5 Å². The predicted molar refractivity (Wildman–Crippen MR) is 188 cm³/mol. The average Bonchev–Trinajstić information content (AvgIpc) is 3.33. The van der Waals surface area contributed by atoms with E-state index in [9.17, 15) is 14.7 Å². The summed E-state index contributed by atoms with van der Waals surface area (Å²) in [6.07, 6.45) is -1.00. The number of phenols is 1. The topological polar surface area (TPSA) is 118 Å². The SMILES string of the molecule is CC(C)(C)OC(=O)n1nc(I)c2cc(O)ccc21.CC(C)(C)OC(=O)n1nc(I)c2cc(O[Si](C)(C)C(C)(C)C)ccc21. The van der Waals surface area contributed by atoms with Gasteiger partial charge in [-0.1, -0.05) is 20.8 Å². The molecule has 0 fully saturated rings. The molecule has 2 heterocycles. The Bertz CT molecular complexity index is 1660. The number of rotatable bonds is 2. The molecular formula is C30H40I2N4O6Si. The number of aromatic nitrogens is 4. The lowest BCUT2D eigenvalue weighted by Gasteiger charge is -2.36. The molecule has 0 saturated heterocycles. The summed E-state index contributed by atoms with van der Waals surface area (Å²) in [5.41, 5.74) is 0.205. The summed E-state index contributed by atoms with van der Waals surface area (Å²) >= 11 is 4.15. The molecule has 1 N–H and O–H groups in total. The van der Waals surface area contributed by atoms with E-state index in [0.717, 1.165) is 25.7 Å². The first-order chi connectivity index (χ1) is 19.5. The summed E-state index contributed by atoms with van der Waals surface area (Å²) in [5, 5.41) is 19.6. The number of hydrogen-bond acceptors (Lipinski definition) is 8. The Morgan fingerprint density at radius 2 is 1.16 bits per heavy atom. The Labute approximate surface area is 280 Å². The molecule has 0 amide bonds. The van der Waals surface area contributed by atoms with E-state index in [0.29, 0.717) is 9.22 Å². The van der Waals surface area contributed by atoms with Crippen molar-refractivity contribution in [2.24, 2.45) is 0 Å². The fraction of sp³-hybridized carbons (Fsp3) is 0.467. The van der Waals surface area contributed by atoms with E-state index in [1.54, 1.807) is 32.9 Å². The van der Waals surface area contributed by atoms with Gasteiger partial charge in [-0.2, -0.15) is 19.6 Å². The van der Waals surface area contributed by atoms with Crippen LogP contribution in [0.15, 0.2) is 36.4 Å². The third-order valence-corrected chi connectivity index (χ3v) is 12.5. The molecule has 43 heavy (non-hydrogen) atoms. The van der Waals surface area contributed by atoms with Crippen LogP contribution in [0.3, 0.4) is 0 Å². The van der Waals surface area contributed by atoms with E-state index < -0.39 is 31.7 Å². The largest absolute Gasteiger partial charge is 0.543 e. The summed E-state index contributed by atoms with van der Waals surface area (Å²) in [5.74, 6) is 0.963. The second-order valence-electron chi connectivity index (χ2n) is 13.6. The molecule has 234 valence electrons. The monoisotopic (exact) mass is 834 g/mol. The van der Waals surface area contributed by atoms with Gasteiger partial charge >= 0.3 is 12.2 Å². The number of carbonyl (C=O) groups is 2. The van der Waals surface area contributed by atoms with E-state index in [-0.39, 0.29) is 10.8 Å². The number of benzene rings is 2. The Morgan fingerprint density at radius 1 is 0.744 bits per heavy atom. The first kappa shape index (κ1) is 35.1. The summed E-state index contributed by atoms with van der Waals surface area (Å²) < 4.78 is 21.0. The van der Waals surface area contributed by atoms with Crippen LogP contribution >= 0.6 is 45.2 Å². The third-order valence-electron chi connectivity index (χ3n) is 6.54. The number of aromatic hydroxyl groups is 1. The Balaban J connectivity index is 0.000000248. The number of nitrogens with zero attached hydrogens (tertiary/aromatic N) is 4. The lowest BCUT2D eigenvalue weighted by molar-refractivity contribution is 0.0511. The minimum atomic E-state index is -1.92. The first-order valence-corrected chi connectivity index (χ1v) is 18.8. The maximum Gasteiger partial charge on any atom is 0.435 e. The Morgan fingerprint density at radius 3 is 1.58 bits per heavy atom. The molecule has 0 radical (unpaired) electrons. The number of phenolic OH excluding ortho intramolecular Hbond substituents is 1. The molecule has 2 aromatic carbocycles. The quantitative estimate of drug-likeness (QED) is 0.157. The number of halogens is 2. The average molecular weight is 835 g/mol. The molecule has 0 aliphatic carbocycles. The highest BCUT2D eigenvalue weighted by Crippen LogP contribution is 2.38. The molecule has 0 bridgehead atoms. The van der Waals surface area contributed by atoms with Crippen molar-refractivity contribution in [3.05, 3.63) is 43.8 Å². The van der Waals surface area contributed by atoms with Gasteiger partial charge in [-0.15, -0.1) is 0 Å². The normalized spacial score (nSPS) is 12.6. The fourth-order valence-electron chi connectivity index (χ4n) is 3.53. The molecule has 0 saturated carbocycles. The Kier molecular flexibility index (Phi) is 10.2. The maximum absolute atomic E-state index is 12.4. The fourth-order valence-corrected chi connectivity index (χ4v) is 5.85. The zero-order valence-corrected chi connectivity index (χ0v) is 31.8. The first-order valence-electron chi connectivity index (χ1n) is 13.7. The van der Waals surface area contributed by atoms with Crippen LogP contribution in [0.1, 0.15) is 62.3 Å². The van der Waals surface area contributed by atoms with Gasteiger partial charge in [0, 0.05) is 10.8 Å². The van der Waals surface area contributed by atoms with Crippen molar-refractivity contribution in [3.63, 3.8) is 0 Å². The molecule has 0 spiro atoms. The molecular weight excluding hydrogens is 794 g/mol. The molecule has 4 rings (SSSR count). The van der Waals surface area contributed by atoms with Crippen LogP contribution in [-0.4, -0.2) is 56.4 Å². The van der Waals surface area contributed by atoms with E-state index in [1.165, 1.54) is 15.4 Å². The van der Waals surface area contributed by atoms with Gasteiger partial charge in [0.15, 0.2) is 0 Å². The van der Waals surface area contributed by atoms with E-state index in [2.05, 4.69) is 66.7 Å². The smallest absolute Gasteiger partial charge is 0.435 e. The number of ether oxygens (including phenoxy) is 2. The number of carbonyl (C=O) groups excluding carboxylic acids is 2. The van der Waals surface area contributed by atoms with Crippen molar-refractivity contribution in [2.45, 2.75) is 91.6 Å². The van der Waals surface area contributed by atoms with Gasteiger partial charge < -0.3 is 19.0 Å². The summed E-state index contributed by atoms with van der Waals surface area (Å²) in [6.45, 7) is 22.0. The van der Waals surface area contributed by atoms with Gasteiger partial charge in [0.25, 0.3) is 0 Å². The number of hydrogen-bond donors (Lipinski definition) is 1. The lowest BCUT2D eigenvalue weighted by atomic mass is 10.2.